The van der Waals surface area contributed by atoms with Crippen LogP contribution in [0.25, 0.3) is 11.1 Å². The molecule has 148 valence electrons. The average molecular weight is 385 g/mol. The molecule has 2 aromatic rings. The lowest BCUT2D eigenvalue weighted by atomic mass is 10.1. The van der Waals surface area contributed by atoms with Crippen LogP contribution in [0.5, 0.6) is 5.75 Å². The highest BCUT2D eigenvalue weighted by Gasteiger charge is 2.19. The average Bonchev–Trinajstić information content (AvgIpc) is 2.83. The second-order valence-electron chi connectivity index (χ2n) is 7.29. The summed E-state index contributed by atoms with van der Waals surface area (Å²) >= 11 is 0. The van der Waals surface area contributed by atoms with Gasteiger partial charge in [0.2, 0.25) is 11.4 Å². The molecule has 8 heteroatoms. The Kier molecular flexibility index (Phi) is 5.89. The van der Waals surface area contributed by atoms with Crippen LogP contribution >= 0.6 is 0 Å². The molecule has 1 aromatic heterocycles. The van der Waals surface area contributed by atoms with Crippen LogP contribution in [0.3, 0.4) is 0 Å². The maximum absolute atomic E-state index is 12.2. The molecular formula is C20H23N3O5. The summed E-state index contributed by atoms with van der Waals surface area (Å²) in [6.45, 7) is 7.94. The Balaban J connectivity index is 1.83. The predicted molar refractivity (Wildman–Crippen MR) is 104 cm³/mol. The zero-order chi connectivity index (χ0) is 20.1. The van der Waals surface area contributed by atoms with Crippen molar-refractivity contribution in [2.75, 3.05) is 31.2 Å². The van der Waals surface area contributed by atoms with E-state index in [0.29, 0.717) is 30.3 Å². The van der Waals surface area contributed by atoms with E-state index in [-0.39, 0.29) is 5.75 Å². The molecule has 0 N–H and O–H groups in total. The molecule has 0 unspecified atom stereocenters. The summed E-state index contributed by atoms with van der Waals surface area (Å²) < 4.78 is 15.6. The third kappa shape index (κ3) is 5.26. The molecule has 0 bridgehead atoms. The van der Waals surface area contributed by atoms with Crippen LogP contribution in [-0.4, -0.2) is 48.0 Å². The lowest BCUT2D eigenvalue weighted by molar-refractivity contribution is 0.0204. The molecule has 1 aliphatic rings. The Morgan fingerprint density at radius 3 is 2.43 bits per heavy atom. The van der Waals surface area contributed by atoms with Gasteiger partial charge in [0.15, 0.2) is 5.75 Å². The molecule has 2 heterocycles. The third-order valence-electron chi connectivity index (χ3n) is 3.90. The Labute approximate surface area is 163 Å². The van der Waals surface area contributed by atoms with Crippen molar-refractivity contribution >= 4 is 12.1 Å². The van der Waals surface area contributed by atoms with Gasteiger partial charge in [0.1, 0.15) is 5.60 Å². The summed E-state index contributed by atoms with van der Waals surface area (Å²) in [7, 11) is 0. The van der Waals surface area contributed by atoms with Crippen molar-refractivity contribution in [1.82, 2.24) is 9.97 Å². The number of nitrogens with zero attached hydrogens (tertiary/aromatic N) is 3. The highest BCUT2D eigenvalue weighted by Crippen LogP contribution is 2.21. The quantitative estimate of drug-likeness (QED) is 0.745. The number of hydrogen-bond donors (Lipinski definition) is 0. The summed E-state index contributed by atoms with van der Waals surface area (Å²) in [5.74, 6) is 0.508. The molecule has 28 heavy (non-hydrogen) atoms. The highest BCUT2D eigenvalue weighted by atomic mass is 16.7. The standard InChI is InChI=1S/C20H23N3O5/c1-20(2,3)28-19(25)27-17-11-14(5-4-6-16(17)24)15-12-21-18(22-13-15)23-7-9-26-10-8-23/h4-6,11-13H,7-10H2,1-3H3. The smallest absolute Gasteiger partial charge is 0.428 e. The van der Waals surface area contributed by atoms with Crippen molar-refractivity contribution in [3.63, 3.8) is 0 Å². The van der Waals surface area contributed by atoms with E-state index in [1.165, 1.54) is 12.1 Å². The van der Waals surface area contributed by atoms with Gasteiger partial charge in [0.25, 0.3) is 0 Å². The summed E-state index contributed by atoms with van der Waals surface area (Å²) in [5, 5.41) is 0. The van der Waals surface area contributed by atoms with Crippen LogP contribution in [0.15, 0.2) is 41.5 Å². The van der Waals surface area contributed by atoms with Crippen LogP contribution in [0.2, 0.25) is 0 Å². The van der Waals surface area contributed by atoms with Gasteiger partial charge in [-0.05, 0) is 38.5 Å². The normalized spacial score (nSPS) is 14.5. The molecule has 0 amide bonds. The number of carbonyl (C=O) groups excluding carboxylic acids is 1. The van der Waals surface area contributed by atoms with E-state index < -0.39 is 17.2 Å². The minimum Gasteiger partial charge on any atom is -0.428 e. The van der Waals surface area contributed by atoms with Gasteiger partial charge in [0, 0.05) is 31.0 Å². The van der Waals surface area contributed by atoms with Crippen molar-refractivity contribution in [3.8, 4) is 16.9 Å². The molecule has 3 rings (SSSR count). The first-order valence-electron chi connectivity index (χ1n) is 9.02. The van der Waals surface area contributed by atoms with Gasteiger partial charge in [-0.1, -0.05) is 12.1 Å². The maximum Gasteiger partial charge on any atom is 0.514 e. The molecular weight excluding hydrogens is 362 g/mol. The summed E-state index contributed by atoms with van der Waals surface area (Å²) in [6.07, 6.45) is 2.42. The fourth-order valence-electron chi connectivity index (χ4n) is 2.60. The molecule has 0 radical (unpaired) electrons. The van der Waals surface area contributed by atoms with E-state index in [1.807, 2.05) is 4.90 Å². The van der Waals surface area contributed by atoms with E-state index in [1.54, 1.807) is 45.3 Å². The largest absolute Gasteiger partial charge is 0.514 e. The number of morpholine rings is 1. The van der Waals surface area contributed by atoms with Crippen LogP contribution in [-0.2, 0) is 9.47 Å². The number of anilines is 1. The fraction of sp³-hybridized carbons (Fsp3) is 0.400. The van der Waals surface area contributed by atoms with Crippen molar-refractivity contribution in [2.24, 2.45) is 0 Å². The number of ether oxygens (including phenoxy) is 3. The van der Waals surface area contributed by atoms with E-state index >= 15 is 0 Å². The van der Waals surface area contributed by atoms with Crippen LogP contribution in [0, 0.1) is 0 Å². The second kappa shape index (κ2) is 8.35. The van der Waals surface area contributed by atoms with Gasteiger partial charge in [-0.2, -0.15) is 0 Å². The number of carbonyl (C=O) groups is 1. The predicted octanol–water partition coefficient (Wildman–Crippen LogP) is 2.65. The maximum atomic E-state index is 12.2. The molecule has 1 saturated heterocycles. The van der Waals surface area contributed by atoms with Crippen molar-refractivity contribution in [1.29, 1.82) is 0 Å². The molecule has 0 aliphatic carbocycles. The summed E-state index contributed by atoms with van der Waals surface area (Å²) in [5.41, 5.74) is 0.196. The zero-order valence-electron chi connectivity index (χ0n) is 16.2. The van der Waals surface area contributed by atoms with E-state index in [0.717, 1.165) is 13.1 Å². The van der Waals surface area contributed by atoms with E-state index in [4.69, 9.17) is 14.2 Å². The zero-order valence-corrected chi connectivity index (χ0v) is 16.2. The Hall–Kier alpha value is -3.00. The van der Waals surface area contributed by atoms with Crippen LogP contribution in [0.4, 0.5) is 10.7 Å². The number of rotatable bonds is 3. The first kappa shape index (κ1) is 19.8. The van der Waals surface area contributed by atoms with Crippen LogP contribution < -0.4 is 15.1 Å². The van der Waals surface area contributed by atoms with Gasteiger partial charge in [-0.25, -0.2) is 14.8 Å². The molecule has 0 spiro atoms. The topological polar surface area (TPSA) is 90.8 Å². The van der Waals surface area contributed by atoms with Gasteiger partial charge in [0.05, 0.1) is 13.2 Å². The second-order valence-corrected chi connectivity index (χ2v) is 7.29. The molecule has 1 aliphatic heterocycles. The van der Waals surface area contributed by atoms with Crippen molar-refractivity contribution in [3.05, 3.63) is 46.9 Å². The number of hydrogen-bond acceptors (Lipinski definition) is 8. The summed E-state index contributed by atoms with van der Waals surface area (Å²) in [6, 6.07) is 6.14. The highest BCUT2D eigenvalue weighted by molar-refractivity contribution is 5.67. The summed E-state index contributed by atoms with van der Waals surface area (Å²) in [4.78, 5) is 35.0. The third-order valence-corrected chi connectivity index (χ3v) is 3.90. The van der Waals surface area contributed by atoms with Gasteiger partial charge in [-0.15, -0.1) is 0 Å². The lowest BCUT2D eigenvalue weighted by Gasteiger charge is -2.26. The Bertz CT molecular complexity index is 887. The van der Waals surface area contributed by atoms with Crippen LogP contribution in [0.1, 0.15) is 20.8 Å². The number of aromatic nitrogens is 2. The van der Waals surface area contributed by atoms with Gasteiger partial charge < -0.3 is 19.1 Å². The Morgan fingerprint density at radius 2 is 1.79 bits per heavy atom. The fourth-order valence-corrected chi connectivity index (χ4v) is 2.60. The SMILES string of the molecule is CC(C)(C)OC(=O)Oc1cc(-c2cnc(N3CCOCC3)nc2)cccc1=O. The van der Waals surface area contributed by atoms with Gasteiger partial charge in [-0.3, -0.25) is 4.79 Å². The molecule has 0 atom stereocenters. The first-order valence-corrected chi connectivity index (χ1v) is 9.02. The first-order chi connectivity index (χ1) is 13.3. The molecule has 1 aromatic carbocycles. The van der Waals surface area contributed by atoms with E-state index in [2.05, 4.69) is 9.97 Å². The monoisotopic (exact) mass is 385 g/mol. The Morgan fingerprint density at radius 1 is 1.11 bits per heavy atom. The van der Waals surface area contributed by atoms with Crippen molar-refractivity contribution in [2.45, 2.75) is 26.4 Å². The molecule has 0 saturated carbocycles. The van der Waals surface area contributed by atoms with Crippen molar-refractivity contribution < 1.29 is 19.0 Å². The molecule has 1 fully saturated rings. The van der Waals surface area contributed by atoms with E-state index in [9.17, 15) is 9.59 Å². The minimum absolute atomic E-state index is 0.119. The molecule has 8 nitrogen and oxygen atoms in total. The minimum atomic E-state index is -0.930. The lowest BCUT2D eigenvalue weighted by Crippen LogP contribution is -2.37. The van der Waals surface area contributed by atoms with Gasteiger partial charge >= 0.3 is 6.16 Å².